The summed E-state index contributed by atoms with van der Waals surface area (Å²) in [5, 5.41) is 12.2. The van der Waals surface area contributed by atoms with Gasteiger partial charge in [-0.1, -0.05) is 35.6 Å². The predicted octanol–water partition coefficient (Wildman–Crippen LogP) is 4.89. The van der Waals surface area contributed by atoms with Crippen LogP contribution in [0.15, 0.2) is 73.1 Å². The second-order valence-electron chi connectivity index (χ2n) is 5.94. The first-order chi connectivity index (χ1) is 13.3. The van der Waals surface area contributed by atoms with Gasteiger partial charge in [-0.05, 0) is 36.4 Å². The number of para-hydroxylation sites is 2. The maximum absolute atomic E-state index is 4.62. The lowest BCUT2D eigenvalue weighted by atomic mass is 10.1. The summed E-state index contributed by atoms with van der Waals surface area (Å²) in [6.45, 7) is 0. The Bertz CT molecular complexity index is 1160. The summed E-state index contributed by atoms with van der Waals surface area (Å²) >= 11 is 1.56. The molecule has 27 heavy (non-hydrogen) atoms. The van der Waals surface area contributed by atoms with E-state index in [1.54, 1.807) is 17.5 Å². The van der Waals surface area contributed by atoms with Crippen LogP contribution in [0.2, 0.25) is 0 Å². The monoisotopic (exact) mass is 370 g/mol. The first kappa shape index (κ1) is 15.7. The van der Waals surface area contributed by atoms with Gasteiger partial charge in [0.25, 0.3) is 0 Å². The Labute approximate surface area is 159 Å². The molecule has 0 bridgehead atoms. The van der Waals surface area contributed by atoms with Crippen molar-refractivity contribution < 1.29 is 0 Å². The summed E-state index contributed by atoms with van der Waals surface area (Å²) in [6.07, 6.45) is 3.50. The molecular weight excluding hydrogens is 356 g/mol. The maximum atomic E-state index is 4.62. The van der Waals surface area contributed by atoms with Crippen LogP contribution in [0.25, 0.3) is 33.0 Å². The molecule has 0 unspecified atom stereocenters. The third-order valence-electron chi connectivity index (χ3n) is 4.13. The Morgan fingerprint density at radius 3 is 2.63 bits per heavy atom. The molecule has 3 aromatic heterocycles. The molecule has 0 amide bonds. The molecule has 2 aromatic carbocycles. The zero-order chi connectivity index (χ0) is 18.1. The molecule has 0 aliphatic rings. The van der Waals surface area contributed by atoms with Gasteiger partial charge >= 0.3 is 0 Å². The molecule has 0 atom stereocenters. The number of hydrogen-bond donors (Lipinski definition) is 2. The molecule has 130 valence electrons. The topological polar surface area (TPSA) is 79.4 Å². The second kappa shape index (κ2) is 6.62. The molecule has 0 fully saturated rings. The van der Waals surface area contributed by atoms with Crippen LogP contribution in [0.1, 0.15) is 0 Å². The van der Waals surface area contributed by atoms with Crippen LogP contribution in [0.5, 0.6) is 0 Å². The molecule has 3 heterocycles. The Hall–Kier alpha value is -3.58. The van der Waals surface area contributed by atoms with E-state index < -0.39 is 0 Å². The summed E-state index contributed by atoms with van der Waals surface area (Å²) in [5.74, 6) is 0.833. The van der Waals surface area contributed by atoms with Crippen molar-refractivity contribution in [1.82, 2.24) is 25.1 Å². The minimum absolute atomic E-state index is 0.817. The van der Waals surface area contributed by atoms with Crippen molar-refractivity contribution in [1.29, 1.82) is 0 Å². The smallest absolute Gasteiger partial charge is 0.187 e. The van der Waals surface area contributed by atoms with E-state index in [9.17, 15) is 0 Å². The van der Waals surface area contributed by atoms with E-state index in [1.165, 1.54) is 0 Å². The van der Waals surface area contributed by atoms with Crippen LogP contribution in [-0.2, 0) is 0 Å². The SMILES string of the molecule is c1cnnc(-c2ccc(Nc3ncc(-c4nc5ccccc5[nH]4)s3)cc2)c1. The molecular formula is C20H14N6S. The molecule has 0 radical (unpaired) electrons. The van der Waals surface area contributed by atoms with Gasteiger partial charge in [-0.3, -0.25) is 0 Å². The number of fused-ring (bicyclic) bond motifs is 1. The van der Waals surface area contributed by atoms with Crippen molar-refractivity contribution >= 4 is 33.2 Å². The van der Waals surface area contributed by atoms with Crippen molar-refractivity contribution in [3.8, 4) is 22.0 Å². The summed E-state index contributed by atoms with van der Waals surface area (Å²) in [7, 11) is 0. The summed E-state index contributed by atoms with van der Waals surface area (Å²) < 4.78 is 0. The van der Waals surface area contributed by atoms with E-state index in [4.69, 9.17) is 0 Å². The van der Waals surface area contributed by atoms with E-state index in [1.807, 2.05) is 66.9 Å². The summed E-state index contributed by atoms with van der Waals surface area (Å²) in [6, 6.07) is 19.9. The highest BCUT2D eigenvalue weighted by atomic mass is 32.1. The molecule has 5 rings (SSSR count). The number of thiazole rings is 1. The number of aromatic nitrogens is 5. The highest BCUT2D eigenvalue weighted by Gasteiger charge is 2.09. The van der Waals surface area contributed by atoms with Gasteiger partial charge in [0.15, 0.2) is 5.13 Å². The number of nitrogens with zero attached hydrogens (tertiary/aromatic N) is 4. The molecule has 6 nitrogen and oxygen atoms in total. The number of benzene rings is 2. The lowest BCUT2D eigenvalue weighted by Gasteiger charge is -2.04. The molecule has 0 saturated heterocycles. The molecule has 5 aromatic rings. The van der Waals surface area contributed by atoms with E-state index in [0.29, 0.717) is 0 Å². The number of H-pyrrole nitrogens is 1. The molecule has 0 aliphatic heterocycles. The van der Waals surface area contributed by atoms with Gasteiger partial charge in [0, 0.05) is 17.4 Å². The van der Waals surface area contributed by atoms with E-state index in [0.717, 1.165) is 43.8 Å². The van der Waals surface area contributed by atoms with Crippen LogP contribution in [0.3, 0.4) is 0 Å². The van der Waals surface area contributed by atoms with Gasteiger partial charge in [-0.2, -0.15) is 10.2 Å². The average molecular weight is 370 g/mol. The molecule has 7 heteroatoms. The van der Waals surface area contributed by atoms with Crippen molar-refractivity contribution in [3.63, 3.8) is 0 Å². The lowest BCUT2D eigenvalue weighted by Crippen LogP contribution is -1.90. The van der Waals surface area contributed by atoms with Gasteiger partial charge in [0.1, 0.15) is 5.82 Å². The second-order valence-corrected chi connectivity index (χ2v) is 6.97. The molecule has 0 aliphatic carbocycles. The van der Waals surface area contributed by atoms with Crippen LogP contribution in [0, 0.1) is 0 Å². The number of hydrogen-bond acceptors (Lipinski definition) is 6. The standard InChI is InChI=1S/C20H14N6S/c1-2-5-17-16(4-1)24-19(25-17)18-12-21-20(27-18)23-14-9-7-13(8-10-14)15-6-3-11-22-26-15/h1-12H,(H,21,23)(H,24,25). The Balaban J connectivity index is 1.36. The Morgan fingerprint density at radius 2 is 1.81 bits per heavy atom. The fourth-order valence-corrected chi connectivity index (χ4v) is 3.60. The summed E-state index contributed by atoms with van der Waals surface area (Å²) in [4.78, 5) is 13.4. The quantitative estimate of drug-likeness (QED) is 0.471. The van der Waals surface area contributed by atoms with Crippen molar-refractivity contribution in [2.24, 2.45) is 0 Å². The number of nitrogens with one attached hydrogen (secondary N) is 2. The van der Waals surface area contributed by atoms with Crippen molar-refractivity contribution in [2.75, 3.05) is 5.32 Å². The van der Waals surface area contributed by atoms with Gasteiger partial charge < -0.3 is 10.3 Å². The zero-order valence-electron chi connectivity index (χ0n) is 14.1. The third-order valence-corrected chi connectivity index (χ3v) is 5.05. The normalized spacial score (nSPS) is 11.0. The summed E-state index contributed by atoms with van der Waals surface area (Å²) in [5.41, 5.74) is 4.82. The van der Waals surface area contributed by atoms with Crippen LogP contribution < -0.4 is 5.32 Å². The predicted molar refractivity (Wildman–Crippen MR) is 108 cm³/mol. The van der Waals surface area contributed by atoms with Crippen LogP contribution in [0.4, 0.5) is 10.8 Å². The maximum Gasteiger partial charge on any atom is 0.187 e. The fraction of sp³-hybridized carbons (Fsp3) is 0. The van der Waals surface area contributed by atoms with Crippen molar-refractivity contribution in [3.05, 3.63) is 73.1 Å². The number of aromatic amines is 1. The third kappa shape index (κ3) is 3.16. The van der Waals surface area contributed by atoms with Crippen LogP contribution >= 0.6 is 11.3 Å². The highest BCUT2D eigenvalue weighted by Crippen LogP contribution is 2.30. The molecule has 0 spiro atoms. The molecule has 2 N–H and O–H groups in total. The van der Waals surface area contributed by atoms with Gasteiger partial charge in [-0.15, -0.1) is 0 Å². The Kier molecular flexibility index (Phi) is 3.84. The number of rotatable bonds is 4. The minimum Gasteiger partial charge on any atom is -0.337 e. The highest BCUT2D eigenvalue weighted by molar-refractivity contribution is 7.18. The minimum atomic E-state index is 0.817. The lowest BCUT2D eigenvalue weighted by molar-refractivity contribution is 1.04. The number of anilines is 2. The van der Waals surface area contributed by atoms with E-state index in [2.05, 4.69) is 30.5 Å². The Morgan fingerprint density at radius 1 is 0.926 bits per heavy atom. The van der Waals surface area contributed by atoms with Crippen LogP contribution in [-0.4, -0.2) is 25.1 Å². The van der Waals surface area contributed by atoms with Crippen molar-refractivity contribution in [2.45, 2.75) is 0 Å². The first-order valence-corrected chi connectivity index (χ1v) is 9.23. The number of imidazole rings is 1. The first-order valence-electron chi connectivity index (χ1n) is 8.41. The van der Waals surface area contributed by atoms with Gasteiger partial charge in [0.05, 0.1) is 27.8 Å². The van der Waals surface area contributed by atoms with Gasteiger partial charge in [0.2, 0.25) is 0 Å². The zero-order valence-corrected chi connectivity index (χ0v) is 14.9. The van der Waals surface area contributed by atoms with Gasteiger partial charge in [-0.25, -0.2) is 9.97 Å². The largest absolute Gasteiger partial charge is 0.337 e. The average Bonchev–Trinajstić information content (AvgIpc) is 3.36. The molecule has 0 saturated carbocycles. The van der Waals surface area contributed by atoms with E-state index >= 15 is 0 Å². The fourth-order valence-electron chi connectivity index (χ4n) is 2.81. The van der Waals surface area contributed by atoms with E-state index in [-0.39, 0.29) is 0 Å².